The van der Waals surface area contributed by atoms with Crippen molar-refractivity contribution in [2.45, 2.75) is 18.9 Å². The first-order valence-corrected chi connectivity index (χ1v) is 5.87. The van der Waals surface area contributed by atoms with Crippen molar-refractivity contribution in [1.29, 1.82) is 0 Å². The monoisotopic (exact) mass is 283 g/mol. The summed E-state index contributed by atoms with van der Waals surface area (Å²) in [7, 11) is 0. The summed E-state index contributed by atoms with van der Waals surface area (Å²) in [4.78, 5) is 3.85. The van der Waals surface area contributed by atoms with Crippen molar-refractivity contribution in [1.82, 2.24) is 4.98 Å². The van der Waals surface area contributed by atoms with Crippen LogP contribution in [-0.4, -0.2) is 16.5 Å². The standard InChI is InChI=1S/C14H12F3NO2/c15-14(16,17)20-12-3-1-2-11(9-12)13(19)8-10-4-6-18-7-5-10/h1-7,9,13,19H,8H2. The third-order valence-corrected chi connectivity index (χ3v) is 2.65. The summed E-state index contributed by atoms with van der Waals surface area (Å²) >= 11 is 0. The van der Waals surface area contributed by atoms with Crippen molar-refractivity contribution in [3.8, 4) is 5.75 Å². The number of aliphatic hydroxyl groups excluding tert-OH is 1. The smallest absolute Gasteiger partial charge is 0.406 e. The molecule has 2 rings (SSSR count). The van der Waals surface area contributed by atoms with Gasteiger partial charge in [0.15, 0.2) is 0 Å². The van der Waals surface area contributed by atoms with Gasteiger partial charge in [-0.05, 0) is 35.4 Å². The lowest BCUT2D eigenvalue weighted by Gasteiger charge is -2.14. The number of rotatable bonds is 4. The molecule has 1 heterocycles. The van der Waals surface area contributed by atoms with E-state index >= 15 is 0 Å². The molecule has 2 aromatic rings. The van der Waals surface area contributed by atoms with Gasteiger partial charge in [-0.2, -0.15) is 0 Å². The number of benzene rings is 1. The number of aromatic nitrogens is 1. The third-order valence-electron chi connectivity index (χ3n) is 2.65. The molecule has 0 saturated heterocycles. The molecule has 0 aliphatic heterocycles. The van der Waals surface area contributed by atoms with Gasteiger partial charge in [-0.25, -0.2) is 0 Å². The molecule has 20 heavy (non-hydrogen) atoms. The van der Waals surface area contributed by atoms with E-state index in [0.29, 0.717) is 5.56 Å². The molecule has 1 atom stereocenters. The maximum absolute atomic E-state index is 12.1. The Morgan fingerprint density at radius 2 is 1.85 bits per heavy atom. The van der Waals surface area contributed by atoms with Gasteiger partial charge in [0.25, 0.3) is 0 Å². The fourth-order valence-corrected chi connectivity index (χ4v) is 1.78. The molecular weight excluding hydrogens is 271 g/mol. The second-order valence-electron chi connectivity index (χ2n) is 4.20. The van der Waals surface area contributed by atoms with Crippen LogP contribution in [0.4, 0.5) is 13.2 Å². The first kappa shape index (κ1) is 14.3. The van der Waals surface area contributed by atoms with Crippen LogP contribution in [0.15, 0.2) is 48.8 Å². The van der Waals surface area contributed by atoms with Gasteiger partial charge in [-0.1, -0.05) is 12.1 Å². The highest BCUT2D eigenvalue weighted by atomic mass is 19.4. The molecule has 1 aromatic heterocycles. The van der Waals surface area contributed by atoms with E-state index in [2.05, 4.69) is 9.72 Å². The molecule has 0 bridgehead atoms. The highest BCUT2D eigenvalue weighted by Crippen LogP contribution is 2.26. The summed E-state index contributed by atoms with van der Waals surface area (Å²) in [5, 5.41) is 10.0. The van der Waals surface area contributed by atoms with Gasteiger partial charge in [-0.15, -0.1) is 13.2 Å². The molecule has 0 spiro atoms. The summed E-state index contributed by atoms with van der Waals surface area (Å²) in [6.45, 7) is 0. The van der Waals surface area contributed by atoms with E-state index in [0.717, 1.165) is 5.56 Å². The number of hydrogen-bond donors (Lipinski definition) is 1. The predicted molar refractivity (Wildman–Crippen MR) is 66.0 cm³/mol. The Morgan fingerprint density at radius 3 is 2.50 bits per heavy atom. The number of alkyl halides is 3. The third kappa shape index (κ3) is 4.24. The van der Waals surface area contributed by atoms with Crippen molar-refractivity contribution >= 4 is 0 Å². The highest BCUT2D eigenvalue weighted by molar-refractivity contribution is 5.31. The largest absolute Gasteiger partial charge is 0.573 e. The van der Waals surface area contributed by atoms with Gasteiger partial charge in [0, 0.05) is 18.8 Å². The van der Waals surface area contributed by atoms with Crippen molar-refractivity contribution in [2.24, 2.45) is 0 Å². The normalized spacial score (nSPS) is 13.0. The number of ether oxygens (including phenoxy) is 1. The molecule has 0 amide bonds. The summed E-state index contributed by atoms with van der Waals surface area (Å²) in [5.41, 5.74) is 1.21. The van der Waals surface area contributed by atoms with Crippen LogP contribution in [0.3, 0.4) is 0 Å². The van der Waals surface area contributed by atoms with Crippen molar-refractivity contribution < 1.29 is 23.0 Å². The molecular formula is C14H12F3NO2. The van der Waals surface area contributed by atoms with Crippen molar-refractivity contribution in [3.63, 3.8) is 0 Å². The predicted octanol–water partition coefficient (Wildman–Crippen LogP) is 3.26. The molecule has 1 N–H and O–H groups in total. The lowest BCUT2D eigenvalue weighted by molar-refractivity contribution is -0.274. The minimum absolute atomic E-state index is 0.290. The second kappa shape index (κ2) is 5.92. The van der Waals surface area contributed by atoms with Crippen LogP contribution in [0, 0.1) is 0 Å². The number of nitrogens with zero attached hydrogens (tertiary/aromatic N) is 1. The van der Waals surface area contributed by atoms with Gasteiger partial charge in [-0.3, -0.25) is 4.98 Å². The van der Waals surface area contributed by atoms with Gasteiger partial charge in [0.05, 0.1) is 6.10 Å². The van der Waals surface area contributed by atoms with Crippen LogP contribution in [0.5, 0.6) is 5.75 Å². The maximum atomic E-state index is 12.1. The molecule has 0 fully saturated rings. The average molecular weight is 283 g/mol. The van der Waals surface area contributed by atoms with Gasteiger partial charge in [0.2, 0.25) is 0 Å². The van der Waals surface area contributed by atoms with Crippen molar-refractivity contribution in [2.75, 3.05) is 0 Å². The second-order valence-corrected chi connectivity index (χ2v) is 4.20. The Balaban J connectivity index is 2.10. The Morgan fingerprint density at radius 1 is 1.15 bits per heavy atom. The van der Waals surface area contributed by atoms with E-state index in [1.807, 2.05) is 0 Å². The summed E-state index contributed by atoms with van der Waals surface area (Å²) in [6, 6.07) is 8.80. The molecule has 106 valence electrons. The molecule has 0 radical (unpaired) electrons. The number of pyridine rings is 1. The van der Waals surface area contributed by atoms with Crippen LogP contribution in [0.1, 0.15) is 17.2 Å². The van der Waals surface area contributed by atoms with Crippen LogP contribution in [0.25, 0.3) is 0 Å². The van der Waals surface area contributed by atoms with Gasteiger partial charge >= 0.3 is 6.36 Å². The fraction of sp³-hybridized carbons (Fsp3) is 0.214. The van der Waals surface area contributed by atoms with Crippen LogP contribution < -0.4 is 4.74 Å². The number of aliphatic hydroxyl groups is 1. The molecule has 1 aromatic carbocycles. The molecule has 0 aliphatic carbocycles. The molecule has 3 nitrogen and oxygen atoms in total. The quantitative estimate of drug-likeness (QED) is 0.936. The Kier molecular flexibility index (Phi) is 4.24. The lowest BCUT2D eigenvalue weighted by atomic mass is 10.0. The first-order chi connectivity index (χ1) is 9.44. The van der Waals surface area contributed by atoms with Gasteiger partial charge < -0.3 is 9.84 Å². The Labute approximate surface area is 113 Å². The SMILES string of the molecule is OC(Cc1ccncc1)c1cccc(OC(F)(F)F)c1. The molecule has 0 aliphatic rings. The van der Waals surface area contributed by atoms with Crippen LogP contribution in [0.2, 0.25) is 0 Å². The fourth-order valence-electron chi connectivity index (χ4n) is 1.78. The van der Waals surface area contributed by atoms with E-state index in [4.69, 9.17) is 0 Å². The minimum Gasteiger partial charge on any atom is -0.406 e. The molecule has 6 heteroatoms. The highest BCUT2D eigenvalue weighted by Gasteiger charge is 2.31. The Hall–Kier alpha value is -2.08. The summed E-state index contributed by atoms with van der Waals surface area (Å²) in [6.07, 6.45) is -2.18. The first-order valence-electron chi connectivity index (χ1n) is 5.87. The van der Waals surface area contributed by atoms with Crippen LogP contribution in [-0.2, 0) is 6.42 Å². The number of hydrogen-bond acceptors (Lipinski definition) is 3. The van der Waals surface area contributed by atoms with E-state index < -0.39 is 12.5 Å². The van der Waals surface area contributed by atoms with Crippen LogP contribution >= 0.6 is 0 Å². The van der Waals surface area contributed by atoms with E-state index in [1.165, 1.54) is 18.2 Å². The number of halogens is 3. The zero-order chi connectivity index (χ0) is 14.6. The van der Waals surface area contributed by atoms with E-state index in [9.17, 15) is 18.3 Å². The zero-order valence-electron chi connectivity index (χ0n) is 10.3. The maximum Gasteiger partial charge on any atom is 0.573 e. The minimum atomic E-state index is -4.74. The van der Waals surface area contributed by atoms with E-state index in [1.54, 1.807) is 30.6 Å². The summed E-state index contributed by atoms with van der Waals surface area (Å²) in [5.74, 6) is -0.344. The average Bonchev–Trinajstić information content (AvgIpc) is 2.38. The summed E-state index contributed by atoms with van der Waals surface area (Å²) < 4.78 is 40.2. The Bertz CT molecular complexity index is 558. The van der Waals surface area contributed by atoms with Crippen molar-refractivity contribution in [3.05, 3.63) is 59.9 Å². The topological polar surface area (TPSA) is 42.4 Å². The lowest BCUT2D eigenvalue weighted by Crippen LogP contribution is -2.17. The van der Waals surface area contributed by atoms with Gasteiger partial charge in [0.1, 0.15) is 5.75 Å². The van der Waals surface area contributed by atoms with E-state index in [-0.39, 0.29) is 12.2 Å². The molecule has 1 unspecified atom stereocenters. The zero-order valence-corrected chi connectivity index (χ0v) is 10.3. The molecule has 0 saturated carbocycles.